The van der Waals surface area contributed by atoms with E-state index in [1.54, 1.807) is 13.0 Å². The normalized spacial score (nSPS) is 22.9. The predicted molar refractivity (Wildman–Crippen MR) is 100 cm³/mol. The van der Waals surface area contributed by atoms with E-state index in [4.69, 9.17) is 0 Å². The number of hydrogen-bond acceptors (Lipinski definition) is 4. The van der Waals surface area contributed by atoms with Crippen molar-refractivity contribution < 1.29 is 17.6 Å². The van der Waals surface area contributed by atoms with E-state index in [0.717, 1.165) is 36.9 Å². The molecule has 5 nitrogen and oxygen atoms in total. The van der Waals surface area contributed by atoms with Crippen molar-refractivity contribution in [3.63, 3.8) is 0 Å². The Kier molecular flexibility index (Phi) is 5.85. The lowest BCUT2D eigenvalue weighted by Crippen LogP contribution is -2.50. The molecule has 1 saturated carbocycles. The number of hydrogen-bond donors (Lipinski definition) is 1. The van der Waals surface area contributed by atoms with Gasteiger partial charge >= 0.3 is 0 Å². The van der Waals surface area contributed by atoms with Crippen LogP contribution in [0, 0.1) is 12.7 Å². The van der Waals surface area contributed by atoms with Crippen LogP contribution in [0.2, 0.25) is 0 Å². The number of halogens is 1. The van der Waals surface area contributed by atoms with E-state index in [1.165, 1.54) is 18.6 Å². The molecule has 2 fully saturated rings. The Labute approximate surface area is 154 Å². The molecule has 26 heavy (non-hydrogen) atoms. The second kappa shape index (κ2) is 7.94. The summed E-state index contributed by atoms with van der Waals surface area (Å²) in [6, 6.07) is 4.33. The third-order valence-corrected chi connectivity index (χ3v) is 7.23. The summed E-state index contributed by atoms with van der Waals surface area (Å²) in [6.45, 7) is 1.89. The Hall–Kier alpha value is -1.63. The van der Waals surface area contributed by atoms with E-state index in [0.29, 0.717) is 6.42 Å². The summed E-state index contributed by atoms with van der Waals surface area (Å²) in [5.41, 5.74) is 1.47. The van der Waals surface area contributed by atoms with Gasteiger partial charge in [-0.25, -0.2) is 12.8 Å². The van der Waals surface area contributed by atoms with Crippen LogP contribution in [-0.4, -0.2) is 49.4 Å². The number of amides is 1. The highest BCUT2D eigenvalue weighted by molar-refractivity contribution is 7.91. The fourth-order valence-electron chi connectivity index (χ4n) is 4.15. The van der Waals surface area contributed by atoms with Gasteiger partial charge in [0.15, 0.2) is 9.84 Å². The van der Waals surface area contributed by atoms with E-state index < -0.39 is 9.84 Å². The van der Waals surface area contributed by atoms with Crippen molar-refractivity contribution in [2.24, 2.45) is 0 Å². The van der Waals surface area contributed by atoms with Crippen LogP contribution in [0.3, 0.4) is 0 Å². The Bertz CT molecular complexity index is 760. The number of anilines is 1. The van der Waals surface area contributed by atoms with Crippen LogP contribution in [0.4, 0.5) is 10.1 Å². The zero-order valence-electron chi connectivity index (χ0n) is 15.2. The summed E-state index contributed by atoms with van der Waals surface area (Å²) in [5.74, 6) is -0.133. The summed E-state index contributed by atoms with van der Waals surface area (Å²) >= 11 is 0. The van der Waals surface area contributed by atoms with Gasteiger partial charge in [-0.05, 0) is 49.9 Å². The third kappa shape index (κ3) is 4.55. The molecule has 1 aliphatic heterocycles. The average Bonchev–Trinajstić information content (AvgIpc) is 2.95. The first kappa shape index (κ1) is 19.1. The first-order valence-corrected chi connectivity index (χ1v) is 11.2. The molecule has 144 valence electrons. The molecule has 0 radical (unpaired) electrons. The van der Waals surface area contributed by atoms with Crippen LogP contribution < -0.4 is 5.32 Å². The lowest BCUT2D eigenvalue weighted by Gasteiger charge is -2.38. The minimum atomic E-state index is -3.05. The summed E-state index contributed by atoms with van der Waals surface area (Å²) < 4.78 is 37.1. The van der Waals surface area contributed by atoms with Gasteiger partial charge in [0, 0.05) is 17.8 Å². The zero-order chi connectivity index (χ0) is 18.7. The maximum atomic E-state index is 13.2. The van der Waals surface area contributed by atoms with Crippen molar-refractivity contribution in [1.29, 1.82) is 0 Å². The Morgan fingerprint density at radius 1 is 1.19 bits per heavy atom. The van der Waals surface area contributed by atoms with Crippen LogP contribution in [0.25, 0.3) is 0 Å². The Morgan fingerprint density at radius 3 is 2.54 bits per heavy atom. The molecule has 1 unspecified atom stereocenters. The maximum Gasteiger partial charge on any atom is 0.242 e. The second-order valence-electron chi connectivity index (χ2n) is 7.46. The van der Waals surface area contributed by atoms with E-state index in [9.17, 15) is 17.6 Å². The highest BCUT2D eigenvalue weighted by atomic mass is 32.2. The minimum Gasteiger partial charge on any atom is -0.376 e. The van der Waals surface area contributed by atoms with E-state index in [2.05, 4.69) is 5.32 Å². The largest absolute Gasteiger partial charge is 0.376 e. The smallest absolute Gasteiger partial charge is 0.242 e. The molecular formula is C19H27FN2O3S. The number of carbonyl (C=O) groups excluding carboxylic acids is 1. The summed E-state index contributed by atoms with van der Waals surface area (Å²) in [6.07, 6.45) is 5.75. The fraction of sp³-hybridized carbons (Fsp3) is 0.632. The minimum absolute atomic E-state index is 0.0669. The van der Waals surface area contributed by atoms with Crippen LogP contribution in [0.1, 0.15) is 44.1 Å². The molecule has 1 aliphatic carbocycles. The maximum absolute atomic E-state index is 13.2. The molecule has 1 aromatic rings. The van der Waals surface area contributed by atoms with Gasteiger partial charge in [0.05, 0.1) is 18.1 Å². The number of nitrogens with zero attached hydrogens (tertiary/aromatic N) is 1. The highest BCUT2D eigenvalue weighted by Gasteiger charge is 2.38. The molecule has 3 rings (SSSR count). The van der Waals surface area contributed by atoms with Gasteiger partial charge in [0.2, 0.25) is 5.91 Å². The van der Waals surface area contributed by atoms with Crippen molar-refractivity contribution in [3.05, 3.63) is 29.6 Å². The van der Waals surface area contributed by atoms with Gasteiger partial charge in [-0.2, -0.15) is 0 Å². The number of nitrogens with one attached hydrogen (secondary N) is 1. The first-order valence-electron chi connectivity index (χ1n) is 9.37. The molecule has 1 N–H and O–H groups in total. The molecule has 2 aliphatic rings. The lowest BCUT2D eigenvalue weighted by molar-refractivity contribution is -0.134. The molecule has 1 amide bonds. The average molecular weight is 383 g/mol. The monoisotopic (exact) mass is 382 g/mol. The molecule has 1 saturated heterocycles. The van der Waals surface area contributed by atoms with E-state index >= 15 is 0 Å². The quantitative estimate of drug-likeness (QED) is 0.850. The third-order valence-electron chi connectivity index (χ3n) is 5.48. The molecule has 1 aromatic carbocycles. The van der Waals surface area contributed by atoms with E-state index in [1.807, 2.05) is 4.90 Å². The summed E-state index contributed by atoms with van der Waals surface area (Å²) in [5, 5.41) is 3.10. The SMILES string of the molecule is Cc1cc(F)ccc1NCC(=O)N(C1CCCCC1)C1CCS(=O)(=O)C1. The van der Waals surface area contributed by atoms with Crippen molar-refractivity contribution in [2.45, 2.75) is 57.5 Å². The second-order valence-corrected chi connectivity index (χ2v) is 9.69. The van der Waals surface area contributed by atoms with Gasteiger partial charge in [-0.15, -0.1) is 0 Å². The molecule has 0 aromatic heterocycles. The highest BCUT2D eigenvalue weighted by Crippen LogP contribution is 2.28. The van der Waals surface area contributed by atoms with Crippen molar-refractivity contribution in [1.82, 2.24) is 4.90 Å². The number of aryl methyl sites for hydroxylation is 1. The van der Waals surface area contributed by atoms with Gasteiger partial charge < -0.3 is 10.2 Å². The van der Waals surface area contributed by atoms with Gasteiger partial charge in [-0.1, -0.05) is 19.3 Å². The van der Waals surface area contributed by atoms with Gasteiger partial charge in [0.1, 0.15) is 5.82 Å². The molecule has 0 spiro atoms. The zero-order valence-corrected chi connectivity index (χ0v) is 16.0. The summed E-state index contributed by atoms with van der Waals surface area (Å²) in [4.78, 5) is 14.8. The number of benzene rings is 1. The van der Waals surface area contributed by atoms with Crippen molar-refractivity contribution >= 4 is 21.4 Å². The van der Waals surface area contributed by atoms with Crippen LogP contribution in [-0.2, 0) is 14.6 Å². The molecule has 7 heteroatoms. The standard InChI is InChI=1S/C19H27FN2O3S/c1-14-11-15(20)7-8-18(14)21-12-19(23)22(16-5-3-2-4-6-16)17-9-10-26(24,25)13-17/h7-8,11,16-17,21H,2-6,9-10,12-13H2,1H3. The van der Waals surface area contributed by atoms with Gasteiger partial charge in [-0.3, -0.25) is 4.79 Å². The lowest BCUT2D eigenvalue weighted by atomic mass is 9.93. The number of carbonyl (C=O) groups is 1. The van der Waals surface area contributed by atoms with Crippen molar-refractivity contribution in [3.8, 4) is 0 Å². The number of rotatable bonds is 5. The first-order chi connectivity index (χ1) is 12.4. The molecular weight excluding hydrogens is 355 g/mol. The van der Waals surface area contributed by atoms with Crippen LogP contribution in [0.15, 0.2) is 18.2 Å². The topological polar surface area (TPSA) is 66.5 Å². The number of sulfone groups is 1. The molecule has 1 heterocycles. The Balaban J connectivity index is 1.71. The predicted octanol–water partition coefficient (Wildman–Crippen LogP) is 2.89. The Morgan fingerprint density at radius 2 is 1.92 bits per heavy atom. The van der Waals surface area contributed by atoms with Crippen LogP contribution in [0.5, 0.6) is 0 Å². The fourth-order valence-corrected chi connectivity index (χ4v) is 5.86. The molecule has 1 atom stereocenters. The molecule has 0 bridgehead atoms. The summed E-state index contributed by atoms with van der Waals surface area (Å²) in [7, 11) is -3.05. The van der Waals surface area contributed by atoms with Gasteiger partial charge in [0.25, 0.3) is 0 Å². The van der Waals surface area contributed by atoms with Crippen molar-refractivity contribution in [2.75, 3.05) is 23.4 Å². The van der Waals surface area contributed by atoms with Crippen LogP contribution >= 0.6 is 0 Å². The van der Waals surface area contributed by atoms with E-state index in [-0.39, 0.29) is 41.9 Å².